The lowest BCUT2D eigenvalue weighted by molar-refractivity contribution is 0.102. The summed E-state index contributed by atoms with van der Waals surface area (Å²) in [6.07, 6.45) is 0.853. The van der Waals surface area contributed by atoms with Crippen LogP contribution in [0.15, 0.2) is 48.5 Å². The van der Waals surface area contributed by atoms with Gasteiger partial charge in [0.25, 0.3) is 5.91 Å². The Kier molecular flexibility index (Phi) is 4.31. The summed E-state index contributed by atoms with van der Waals surface area (Å²) >= 11 is 0. The third-order valence-corrected chi connectivity index (χ3v) is 3.03. The third-order valence-electron chi connectivity index (χ3n) is 3.03. The van der Waals surface area contributed by atoms with Gasteiger partial charge in [-0.05, 0) is 49.2 Å². The highest BCUT2D eigenvalue weighted by Gasteiger charge is 2.08. The van der Waals surface area contributed by atoms with Gasteiger partial charge in [0.2, 0.25) is 0 Å². The average molecular weight is 254 g/mol. The molecule has 3 nitrogen and oxygen atoms in total. The predicted molar refractivity (Wildman–Crippen MR) is 78.3 cm³/mol. The largest absolute Gasteiger partial charge is 0.330 e. The zero-order chi connectivity index (χ0) is 13.7. The van der Waals surface area contributed by atoms with Gasteiger partial charge >= 0.3 is 0 Å². The van der Waals surface area contributed by atoms with Crippen LogP contribution in [0.2, 0.25) is 0 Å². The molecule has 0 saturated heterocycles. The summed E-state index contributed by atoms with van der Waals surface area (Å²) in [7, 11) is 0. The smallest absolute Gasteiger partial charge is 0.255 e. The fraction of sp³-hybridized carbons (Fsp3) is 0.188. The Morgan fingerprint density at radius 2 is 1.79 bits per heavy atom. The number of amides is 1. The molecule has 0 aliphatic heterocycles. The van der Waals surface area contributed by atoms with Crippen LogP contribution in [0.25, 0.3) is 0 Å². The number of anilines is 1. The molecule has 98 valence electrons. The first-order valence-corrected chi connectivity index (χ1v) is 6.36. The van der Waals surface area contributed by atoms with Crippen molar-refractivity contribution < 1.29 is 4.79 Å². The first-order valence-electron chi connectivity index (χ1n) is 6.36. The van der Waals surface area contributed by atoms with E-state index in [4.69, 9.17) is 5.73 Å². The molecular weight excluding hydrogens is 236 g/mol. The van der Waals surface area contributed by atoms with Crippen molar-refractivity contribution in [1.82, 2.24) is 0 Å². The SMILES string of the molecule is Cc1ccccc1C(=O)Nc1ccc(CCN)cc1. The van der Waals surface area contributed by atoms with E-state index in [0.717, 1.165) is 17.7 Å². The Morgan fingerprint density at radius 1 is 1.11 bits per heavy atom. The van der Waals surface area contributed by atoms with Crippen LogP contribution >= 0.6 is 0 Å². The number of nitrogens with one attached hydrogen (secondary N) is 1. The maximum absolute atomic E-state index is 12.1. The standard InChI is InChI=1S/C16H18N2O/c1-12-4-2-3-5-15(12)16(19)18-14-8-6-13(7-9-14)10-11-17/h2-9H,10-11,17H2,1H3,(H,18,19). The minimum atomic E-state index is -0.0790. The highest BCUT2D eigenvalue weighted by Crippen LogP contribution is 2.13. The molecule has 0 fully saturated rings. The second kappa shape index (κ2) is 6.16. The first kappa shape index (κ1) is 13.3. The van der Waals surface area contributed by atoms with Gasteiger partial charge in [0.15, 0.2) is 0 Å². The number of aryl methyl sites for hydroxylation is 1. The number of hydrogen-bond donors (Lipinski definition) is 2. The number of carbonyl (C=O) groups excluding carboxylic acids is 1. The number of hydrogen-bond acceptors (Lipinski definition) is 2. The molecule has 2 rings (SSSR count). The summed E-state index contributed by atoms with van der Waals surface area (Å²) in [6, 6.07) is 15.3. The number of nitrogens with two attached hydrogens (primary N) is 1. The average Bonchev–Trinajstić information content (AvgIpc) is 2.42. The Hall–Kier alpha value is -2.13. The second-order valence-corrected chi connectivity index (χ2v) is 4.50. The maximum atomic E-state index is 12.1. The summed E-state index contributed by atoms with van der Waals surface area (Å²) in [6.45, 7) is 2.56. The van der Waals surface area contributed by atoms with Crippen LogP contribution in [-0.4, -0.2) is 12.5 Å². The molecular formula is C16H18N2O. The van der Waals surface area contributed by atoms with Gasteiger partial charge < -0.3 is 11.1 Å². The molecule has 19 heavy (non-hydrogen) atoms. The van der Waals surface area contributed by atoms with Gasteiger partial charge in [-0.25, -0.2) is 0 Å². The van der Waals surface area contributed by atoms with E-state index in [1.165, 1.54) is 5.56 Å². The number of carbonyl (C=O) groups is 1. The zero-order valence-corrected chi connectivity index (χ0v) is 11.0. The molecule has 0 heterocycles. The molecule has 3 N–H and O–H groups in total. The molecule has 2 aromatic carbocycles. The monoisotopic (exact) mass is 254 g/mol. The van der Waals surface area contributed by atoms with Crippen molar-refractivity contribution in [3.63, 3.8) is 0 Å². The van der Waals surface area contributed by atoms with E-state index < -0.39 is 0 Å². The molecule has 2 aromatic rings. The predicted octanol–water partition coefficient (Wildman–Crippen LogP) is 2.75. The van der Waals surface area contributed by atoms with Crippen molar-refractivity contribution in [3.05, 3.63) is 65.2 Å². The molecule has 1 amide bonds. The summed E-state index contributed by atoms with van der Waals surface area (Å²) < 4.78 is 0. The second-order valence-electron chi connectivity index (χ2n) is 4.50. The van der Waals surface area contributed by atoms with E-state index in [0.29, 0.717) is 12.1 Å². The third kappa shape index (κ3) is 3.42. The molecule has 0 bridgehead atoms. The Balaban J connectivity index is 2.09. The molecule has 0 spiro atoms. The Morgan fingerprint density at radius 3 is 2.42 bits per heavy atom. The van der Waals surface area contributed by atoms with Crippen molar-refractivity contribution in [2.75, 3.05) is 11.9 Å². The van der Waals surface area contributed by atoms with E-state index in [9.17, 15) is 4.79 Å². The molecule has 0 radical (unpaired) electrons. The Labute approximate surface area is 113 Å². The van der Waals surface area contributed by atoms with E-state index in [1.807, 2.05) is 55.5 Å². The van der Waals surface area contributed by atoms with Gasteiger partial charge in [-0.2, -0.15) is 0 Å². The van der Waals surface area contributed by atoms with Gasteiger partial charge in [0.1, 0.15) is 0 Å². The summed E-state index contributed by atoms with van der Waals surface area (Å²) in [5.74, 6) is -0.0790. The number of benzene rings is 2. The van der Waals surface area contributed by atoms with Crippen LogP contribution in [0.1, 0.15) is 21.5 Å². The topological polar surface area (TPSA) is 55.1 Å². The van der Waals surface area contributed by atoms with Crippen LogP contribution in [0, 0.1) is 6.92 Å². The van der Waals surface area contributed by atoms with Crippen LogP contribution in [0.4, 0.5) is 5.69 Å². The quantitative estimate of drug-likeness (QED) is 0.881. The van der Waals surface area contributed by atoms with Crippen molar-refractivity contribution >= 4 is 11.6 Å². The fourth-order valence-electron chi connectivity index (χ4n) is 1.95. The van der Waals surface area contributed by atoms with Crippen molar-refractivity contribution in [2.45, 2.75) is 13.3 Å². The van der Waals surface area contributed by atoms with Gasteiger partial charge in [0, 0.05) is 11.3 Å². The van der Waals surface area contributed by atoms with Crippen LogP contribution in [0.3, 0.4) is 0 Å². The molecule has 0 saturated carbocycles. The molecule has 0 aliphatic carbocycles. The summed E-state index contributed by atoms with van der Waals surface area (Å²) in [4.78, 5) is 12.1. The lowest BCUT2D eigenvalue weighted by Crippen LogP contribution is -2.13. The lowest BCUT2D eigenvalue weighted by atomic mass is 10.1. The van der Waals surface area contributed by atoms with Crippen molar-refractivity contribution in [3.8, 4) is 0 Å². The molecule has 3 heteroatoms. The molecule has 0 atom stereocenters. The van der Waals surface area contributed by atoms with E-state index >= 15 is 0 Å². The Bertz CT molecular complexity index is 561. The van der Waals surface area contributed by atoms with E-state index in [-0.39, 0.29) is 5.91 Å². The highest BCUT2D eigenvalue weighted by atomic mass is 16.1. The molecule has 0 aromatic heterocycles. The van der Waals surface area contributed by atoms with Crippen molar-refractivity contribution in [1.29, 1.82) is 0 Å². The summed E-state index contributed by atoms with van der Waals surface area (Å²) in [5, 5.41) is 2.90. The molecule has 0 aliphatic rings. The maximum Gasteiger partial charge on any atom is 0.255 e. The highest BCUT2D eigenvalue weighted by molar-refractivity contribution is 6.05. The minimum absolute atomic E-state index is 0.0790. The van der Waals surface area contributed by atoms with Crippen LogP contribution < -0.4 is 11.1 Å². The molecule has 0 unspecified atom stereocenters. The van der Waals surface area contributed by atoms with E-state index in [2.05, 4.69) is 5.32 Å². The van der Waals surface area contributed by atoms with Crippen LogP contribution in [0.5, 0.6) is 0 Å². The van der Waals surface area contributed by atoms with Gasteiger partial charge in [-0.1, -0.05) is 30.3 Å². The van der Waals surface area contributed by atoms with Crippen LogP contribution in [-0.2, 0) is 6.42 Å². The van der Waals surface area contributed by atoms with Crippen molar-refractivity contribution in [2.24, 2.45) is 5.73 Å². The van der Waals surface area contributed by atoms with E-state index in [1.54, 1.807) is 0 Å². The zero-order valence-electron chi connectivity index (χ0n) is 11.0. The normalized spacial score (nSPS) is 10.2. The first-order chi connectivity index (χ1) is 9.20. The lowest BCUT2D eigenvalue weighted by Gasteiger charge is -2.08. The van der Waals surface area contributed by atoms with Gasteiger partial charge in [-0.15, -0.1) is 0 Å². The summed E-state index contributed by atoms with van der Waals surface area (Å²) in [5.41, 5.74) is 9.15. The van der Waals surface area contributed by atoms with Gasteiger partial charge in [0.05, 0.1) is 0 Å². The van der Waals surface area contributed by atoms with Gasteiger partial charge in [-0.3, -0.25) is 4.79 Å². The fourth-order valence-corrected chi connectivity index (χ4v) is 1.95. The number of rotatable bonds is 4. The minimum Gasteiger partial charge on any atom is -0.330 e.